The van der Waals surface area contributed by atoms with Crippen LogP contribution in [0.5, 0.6) is 0 Å². The number of hydrogen-bond acceptors (Lipinski definition) is 0. The molecule has 0 radical (unpaired) electrons. The second-order valence-corrected chi connectivity index (χ2v) is 10.0. The lowest BCUT2D eigenvalue weighted by atomic mass is 9.69. The average Bonchev–Trinajstić information content (AvgIpc) is 2.71. The molecule has 1 aromatic heterocycles. The van der Waals surface area contributed by atoms with E-state index in [2.05, 4.69) is 54.9 Å². The van der Waals surface area contributed by atoms with Crippen LogP contribution in [0.15, 0.2) is 36.5 Å². The van der Waals surface area contributed by atoms with Crippen molar-refractivity contribution in [2.24, 2.45) is 7.05 Å². The van der Waals surface area contributed by atoms with E-state index in [4.69, 9.17) is 0 Å². The predicted octanol–water partition coefficient (Wildman–Crippen LogP) is 7.25. The number of halogens is 4. The zero-order valence-corrected chi connectivity index (χ0v) is 18.7. The van der Waals surface area contributed by atoms with Crippen molar-refractivity contribution in [2.45, 2.75) is 88.4 Å². The van der Waals surface area contributed by atoms with E-state index in [1.165, 1.54) is 0 Å². The van der Waals surface area contributed by atoms with Gasteiger partial charge >= 0.3 is 0 Å². The summed E-state index contributed by atoms with van der Waals surface area (Å²) in [5.74, 6) is -4.85. The molecule has 2 aliphatic rings. The molecule has 31 heavy (non-hydrogen) atoms. The van der Waals surface area contributed by atoms with Gasteiger partial charge in [-0.3, -0.25) is 0 Å². The summed E-state index contributed by atoms with van der Waals surface area (Å²) in [6, 6.07) is 10.5. The Bertz CT molecular complexity index is 946. The molecule has 0 unspecified atom stereocenters. The summed E-state index contributed by atoms with van der Waals surface area (Å²) >= 11 is 0. The van der Waals surface area contributed by atoms with E-state index in [-0.39, 0.29) is 37.0 Å². The van der Waals surface area contributed by atoms with Crippen molar-refractivity contribution in [3.8, 4) is 11.3 Å². The topological polar surface area (TPSA) is 3.88 Å². The quantitative estimate of drug-likeness (QED) is 0.354. The number of rotatable bonds is 3. The zero-order chi connectivity index (χ0) is 22.4. The van der Waals surface area contributed by atoms with Gasteiger partial charge in [0, 0.05) is 42.9 Å². The highest BCUT2D eigenvalue weighted by molar-refractivity contribution is 5.62. The maximum atomic E-state index is 13.6. The van der Waals surface area contributed by atoms with Gasteiger partial charge in [0.2, 0.25) is 17.5 Å². The number of alkyl halides is 4. The summed E-state index contributed by atoms with van der Waals surface area (Å²) in [6.45, 7) is 4.16. The third-order valence-electron chi connectivity index (χ3n) is 7.63. The van der Waals surface area contributed by atoms with Gasteiger partial charge in [-0.15, -0.1) is 0 Å². The van der Waals surface area contributed by atoms with Gasteiger partial charge in [0.15, 0.2) is 6.20 Å². The fraction of sp³-hybridized carbons (Fsp3) is 0.577. The molecule has 2 aliphatic carbocycles. The molecule has 0 spiro atoms. The fourth-order valence-corrected chi connectivity index (χ4v) is 5.31. The Labute approximate surface area is 182 Å². The van der Waals surface area contributed by atoms with E-state index in [0.29, 0.717) is 25.7 Å². The van der Waals surface area contributed by atoms with Crippen molar-refractivity contribution in [3.63, 3.8) is 0 Å². The third kappa shape index (κ3) is 4.65. The van der Waals surface area contributed by atoms with E-state index in [0.717, 1.165) is 27.9 Å². The van der Waals surface area contributed by atoms with E-state index >= 15 is 0 Å². The standard InChI is InChI=1S/C26H32F4N/c1-18-16-21(24(2)12-14-26(29,30)15-13-24)5-6-22(18)23-7-4-20(17-31(23)3)19-8-10-25(27,28)11-9-19/h4-7,16-17,19H,8-15H2,1-3H3/q+1. The molecule has 1 nitrogen and oxygen atoms in total. The summed E-state index contributed by atoms with van der Waals surface area (Å²) < 4.78 is 56.3. The molecular formula is C26H32F4N+. The van der Waals surface area contributed by atoms with Gasteiger partial charge in [-0.25, -0.2) is 22.1 Å². The fourth-order valence-electron chi connectivity index (χ4n) is 5.31. The molecule has 1 aromatic carbocycles. The summed E-state index contributed by atoms with van der Waals surface area (Å²) in [5, 5.41) is 0. The van der Waals surface area contributed by atoms with E-state index in [1.54, 1.807) is 0 Å². The Morgan fingerprint density at radius 2 is 1.45 bits per heavy atom. The molecule has 0 saturated heterocycles. The lowest BCUT2D eigenvalue weighted by molar-refractivity contribution is -0.660. The first kappa shape index (κ1) is 22.3. The number of aryl methyl sites for hydroxylation is 2. The monoisotopic (exact) mass is 434 g/mol. The minimum Gasteiger partial charge on any atom is -0.207 e. The van der Waals surface area contributed by atoms with E-state index in [1.807, 2.05) is 7.05 Å². The van der Waals surface area contributed by atoms with Crippen LogP contribution in [0, 0.1) is 6.92 Å². The highest BCUT2D eigenvalue weighted by Gasteiger charge is 2.41. The Morgan fingerprint density at radius 3 is 2.03 bits per heavy atom. The molecule has 2 saturated carbocycles. The molecule has 0 aliphatic heterocycles. The van der Waals surface area contributed by atoms with Crippen LogP contribution in [0.3, 0.4) is 0 Å². The van der Waals surface area contributed by atoms with Crippen molar-refractivity contribution < 1.29 is 22.1 Å². The number of benzene rings is 1. The van der Waals surface area contributed by atoms with Crippen LogP contribution in [0.25, 0.3) is 11.3 Å². The van der Waals surface area contributed by atoms with Crippen LogP contribution in [-0.4, -0.2) is 11.8 Å². The van der Waals surface area contributed by atoms with Crippen molar-refractivity contribution >= 4 is 0 Å². The van der Waals surface area contributed by atoms with Crippen molar-refractivity contribution in [2.75, 3.05) is 0 Å². The summed E-state index contributed by atoms with van der Waals surface area (Å²) in [7, 11) is 1.99. The van der Waals surface area contributed by atoms with Crippen LogP contribution in [-0.2, 0) is 12.5 Å². The van der Waals surface area contributed by atoms with E-state index < -0.39 is 11.8 Å². The summed E-state index contributed by atoms with van der Waals surface area (Å²) in [4.78, 5) is 0. The minimum absolute atomic E-state index is 0.0333. The number of aromatic nitrogens is 1. The van der Waals surface area contributed by atoms with Gasteiger partial charge in [-0.1, -0.05) is 19.1 Å². The maximum absolute atomic E-state index is 13.6. The van der Waals surface area contributed by atoms with Crippen molar-refractivity contribution in [3.05, 3.63) is 53.2 Å². The van der Waals surface area contributed by atoms with Crippen molar-refractivity contribution in [1.82, 2.24) is 0 Å². The summed E-state index contributed by atoms with van der Waals surface area (Å²) in [6.07, 6.45) is 3.96. The molecule has 4 rings (SSSR count). The first-order valence-corrected chi connectivity index (χ1v) is 11.3. The highest BCUT2D eigenvalue weighted by atomic mass is 19.3. The number of hydrogen-bond donors (Lipinski definition) is 0. The molecule has 5 heteroatoms. The van der Waals surface area contributed by atoms with Crippen LogP contribution >= 0.6 is 0 Å². The van der Waals surface area contributed by atoms with Gasteiger partial charge in [0.05, 0.1) is 0 Å². The molecule has 1 heterocycles. The van der Waals surface area contributed by atoms with Crippen molar-refractivity contribution in [1.29, 1.82) is 0 Å². The van der Waals surface area contributed by atoms with Gasteiger partial charge in [-0.05, 0) is 67.2 Å². The molecule has 2 aromatic rings. The Kier molecular flexibility index (Phi) is 5.68. The Hall–Kier alpha value is -1.91. The Morgan fingerprint density at radius 1 is 0.839 bits per heavy atom. The lowest BCUT2D eigenvalue weighted by Gasteiger charge is -2.38. The molecule has 0 N–H and O–H groups in total. The first-order valence-electron chi connectivity index (χ1n) is 11.3. The molecule has 0 bridgehead atoms. The number of pyridine rings is 1. The first-order chi connectivity index (χ1) is 14.5. The summed E-state index contributed by atoms with van der Waals surface area (Å²) in [5.41, 5.74) is 5.34. The van der Waals surface area contributed by atoms with Gasteiger partial charge < -0.3 is 0 Å². The van der Waals surface area contributed by atoms with Gasteiger partial charge in [0.1, 0.15) is 7.05 Å². The molecule has 0 amide bonds. The molecule has 2 fully saturated rings. The zero-order valence-electron chi connectivity index (χ0n) is 18.7. The predicted molar refractivity (Wildman–Crippen MR) is 115 cm³/mol. The molecule has 0 atom stereocenters. The smallest absolute Gasteiger partial charge is 0.207 e. The third-order valence-corrected chi connectivity index (χ3v) is 7.63. The van der Waals surface area contributed by atoms with E-state index in [9.17, 15) is 17.6 Å². The van der Waals surface area contributed by atoms with Crippen LogP contribution in [0.2, 0.25) is 0 Å². The lowest BCUT2D eigenvalue weighted by Crippen LogP contribution is -2.34. The second kappa shape index (κ2) is 7.90. The second-order valence-electron chi connectivity index (χ2n) is 10.0. The van der Waals surface area contributed by atoms with Gasteiger partial charge in [0.25, 0.3) is 0 Å². The maximum Gasteiger partial charge on any atom is 0.248 e. The average molecular weight is 435 g/mol. The normalized spacial score (nSPS) is 22.9. The highest BCUT2D eigenvalue weighted by Crippen LogP contribution is 2.46. The van der Waals surface area contributed by atoms with Gasteiger partial charge in [-0.2, -0.15) is 0 Å². The molecule has 168 valence electrons. The number of nitrogens with zero attached hydrogens (tertiary/aromatic N) is 1. The van der Waals surface area contributed by atoms with Crippen LogP contribution < -0.4 is 4.57 Å². The minimum atomic E-state index is -2.53. The van der Waals surface area contributed by atoms with Crippen LogP contribution in [0.1, 0.15) is 80.9 Å². The van der Waals surface area contributed by atoms with Crippen LogP contribution in [0.4, 0.5) is 17.6 Å². The SMILES string of the molecule is Cc1cc(C2(C)CCC(F)(F)CC2)ccc1-c1ccc(C2CCC(F)(F)CC2)c[n+]1C. The largest absolute Gasteiger partial charge is 0.248 e. The molecular weight excluding hydrogens is 402 g/mol. The Balaban J connectivity index is 1.55.